The molecule has 1 aromatic carbocycles. The maximum Gasteiger partial charge on any atom is 0.119 e. The Morgan fingerprint density at radius 3 is 2.76 bits per heavy atom. The van der Waals surface area contributed by atoms with E-state index in [1.54, 1.807) is 0 Å². The first kappa shape index (κ1) is 12.4. The van der Waals surface area contributed by atoms with Gasteiger partial charge < -0.3 is 10.1 Å². The Morgan fingerprint density at radius 1 is 1.35 bits per heavy atom. The molecule has 0 fully saturated rings. The minimum absolute atomic E-state index is 0.236. The molecule has 1 aliphatic rings. The highest BCUT2D eigenvalue weighted by Crippen LogP contribution is 2.38. The molecule has 1 aliphatic heterocycles. The second-order valence-electron chi connectivity index (χ2n) is 5.80. The van der Waals surface area contributed by atoms with Crippen LogP contribution in [0.25, 0.3) is 0 Å². The maximum atomic E-state index is 5.61. The van der Waals surface area contributed by atoms with E-state index in [0.29, 0.717) is 6.04 Å². The minimum Gasteiger partial charge on any atom is -0.494 e. The van der Waals surface area contributed by atoms with Gasteiger partial charge in [0, 0.05) is 6.04 Å². The minimum atomic E-state index is 0.236. The van der Waals surface area contributed by atoms with Crippen LogP contribution in [0.1, 0.15) is 44.9 Å². The lowest BCUT2D eigenvalue weighted by Gasteiger charge is -2.36. The first-order chi connectivity index (χ1) is 8.02. The Morgan fingerprint density at radius 2 is 2.12 bits per heavy atom. The fraction of sp³-hybridized carbons (Fsp3) is 0.600. The fourth-order valence-electron chi connectivity index (χ4n) is 2.56. The molecule has 0 aliphatic carbocycles. The van der Waals surface area contributed by atoms with E-state index in [1.807, 2.05) is 6.92 Å². The molecular weight excluding hydrogens is 210 g/mol. The molecule has 94 valence electrons. The third kappa shape index (κ3) is 2.63. The summed E-state index contributed by atoms with van der Waals surface area (Å²) in [5.74, 6) is 0.990. The number of nitrogens with one attached hydrogen (secondary N) is 1. The van der Waals surface area contributed by atoms with Crippen LogP contribution in [0.5, 0.6) is 5.75 Å². The number of hydrogen-bond donors (Lipinski definition) is 1. The van der Waals surface area contributed by atoms with Gasteiger partial charge in [-0.2, -0.15) is 0 Å². The third-order valence-corrected chi connectivity index (χ3v) is 3.35. The lowest BCUT2D eigenvalue weighted by molar-refractivity contribution is 0.262. The Hall–Kier alpha value is -1.02. The molecule has 1 unspecified atom stereocenters. The van der Waals surface area contributed by atoms with Crippen molar-refractivity contribution in [2.45, 2.75) is 40.2 Å². The Balaban J connectivity index is 2.37. The highest BCUT2D eigenvalue weighted by molar-refractivity contribution is 5.40. The fourth-order valence-corrected chi connectivity index (χ4v) is 2.56. The van der Waals surface area contributed by atoms with Crippen molar-refractivity contribution < 1.29 is 4.74 Å². The first-order valence-corrected chi connectivity index (χ1v) is 6.51. The van der Waals surface area contributed by atoms with Gasteiger partial charge in [0.2, 0.25) is 0 Å². The van der Waals surface area contributed by atoms with Crippen molar-refractivity contribution in [3.05, 3.63) is 29.3 Å². The quantitative estimate of drug-likeness (QED) is 0.846. The monoisotopic (exact) mass is 233 g/mol. The number of rotatable bonds is 2. The summed E-state index contributed by atoms with van der Waals surface area (Å²) in [6, 6.07) is 6.94. The van der Waals surface area contributed by atoms with Gasteiger partial charge in [0.15, 0.2) is 0 Å². The molecule has 2 nitrogen and oxygen atoms in total. The summed E-state index contributed by atoms with van der Waals surface area (Å²) < 4.78 is 5.61. The summed E-state index contributed by atoms with van der Waals surface area (Å²) in [4.78, 5) is 0. The van der Waals surface area contributed by atoms with Crippen LogP contribution in [0.4, 0.5) is 0 Å². The average molecular weight is 233 g/mol. The van der Waals surface area contributed by atoms with Crippen molar-refractivity contribution in [3.63, 3.8) is 0 Å². The zero-order valence-corrected chi connectivity index (χ0v) is 11.3. The van der Waals surface area contributed by atoms with E-state index < -0.39 is 0 Å². The average Bonchev–Trinajstić information content (AvgIpc) is 2.27. The van der Waals surface area contributed by atoms with Gasteiger partial charge in [-0.25, -0.2) is 0 Å². The van der Waals surface area contributed by atoms with Crippen molar-refractivity contribution in [3.8, 4) is 5.75 Å². The van der Waals surface area contributed by atoms with Crippen molar-refractivity contribution in [2.75, 3.05) is 13.2 Å². The molecule has 2 heteroatoms. The molecule has 0 spiro atoms. The third-order valence-electron chi connectivity index (χ3n) is 3.35. The highest BCUT2D eigenvalue weighted by atomic mass is 16.5. The summed E-state index contributed by atoms with van der Waals surface area (Å²) in [6.07, 6.45) is 1.12. The Labute approximate surface area is 104 Å². The maximum absolute atomic E-state index is 5.61. The number of fused-ring (bicyclic) bond motifs is 1. The van der Waals surface area contributed by atoms with Crippen LogP contribution < -0.4 is 10.1 Å². The molecular formula is C15H23NO. The van der Waals surface area contributed by atoms with Crippen LogP contribution in [0.15, 0.2) is 18.2 Å². The molecule has 0 aromatic heterocycles. The zero-order chi connectivity index (χ0) is 12.5. The second-order valence-corrected chi connectivity index (χ2v) is 5.80. The lowest BCUT2D eigenvalue weighted by atomic mass is 9.78. The van der Waals surface area contributed by atoms with E-state index in [2.05, 4.69) is 44.3 Å². The van der Waals surface area contributed by atoms with Gasteiger partial charge in [0.1, 0.15) is 5.75 Å². The molecule has 0 radical (unpaired) electrons. The van der Waals surface area contributed by atoms with Crippen LogP contribution in [0, 0.1) is 5.41 Å². The van der Waals surface area contributed by atoms with Gasteiger partial charge in [-0.3, -0.25) is 0 Å². The van der Waals surface area contributed by atoms with E-state index >= 15 is 0 Å². The smallest absolute Gasteiger partial charge is 0.119 e. The van der Waals surface area contributed by atoms with Crippen LogP contribution in [-0.4, -0.2) is 13.2 Å². The summed E-state index contributed by atoms with van der Waals surface area (Å²) in [5.41, 5.74) is 3.11. The Bertz CT molecular complexity index is 392. The summed E-state index contributed by atoms with van der Waals surface area (Å²) >= 11 is 0. The van der Waals surface area contributed by atoms with E-state index in [9.17, 15) is 0 Å². The van der Waals surface area contributed by atoms with Crippen molar-refractivity contribution >= 4 is 0 Å². The van der Waals surface area contributed by atoms with Gasteiger partial charge in [0.25, 0.3) is 0 Å². The predicted octanol–water partition coefficient (Wildman–Crippen LogP) is 3.32. The summed E-state index contributed by atoms with van der Waals surface area (Å²) in [7, 11) is 0. The molecule has 2 rings (SSSR count). The van der Waals surface area contributed by atoms with Gasteiger partial charge in [-0.1, -0.05) is 26.8 Å². The van der Waals surface area contributed by atoms with E-state index in [-0.39, 0.29) is 5.41 Å². The zero-order valence-electron chi connectivity index (χ0n) is 11.3. The summed E-state index contributed by atoms with van der Waals surface area (Å²) in [6.45, 7) is 10.7. The largest absolute Gasteiger partial charge is 0.494 e. The van der Waals surface area contributed by atoms with Gasteiger partial charge in [-0.05, 0) is 48.6 Å². The summed E-state index contributed by atoms with van der Waals surface area (Å²) in [5, 5.41) is 3.63. The van der Waals surface area contributed by atoms with E-state index in [0.717, 1.165) is 25.3 Å². The van der Waals surface area contributed by atoms with Crippen molar-refractivity contribution in [1.29, 1.82) is 0 Å². The van der Waals surface area contributed by atoms with Gasteiger partial charge in [0.05, 0.1) is 6.61 Å². The molecule has 0 amide bonds. The van der Waals surface area contributed by atoms with Crippen LogP contribution >= 0.6 is 0 Å². The first-order valence-electron chi connectivity index (χ1n) is 6.51. The van der Waals surface area contributed by atoms with Crippen molar-refractivity contribution in [1.82, 2.24) is 5.32 Å². The van der Waals surface area contributed by atoms with Crippen molar-refractivity contribution in [2.24, 2.45) is 5.41 Å². The molecule has 1 heterocycles. The molecule has 0 bridgehead atoms. The van der Waals surface area contributed by atoms with Crippen LogP contribution in [-0.2, 0) is 6.42 Å². The normalized spacial score (nSPS) is 19.9. The molecule has 1 atom stereocenters. The van der Waals surface area contributed by atoms with Gasteiger partial charge in [-0.15, -0.1) is 0 Å². The van der Waals surface area contributed by atoms with Gasteiger partial charge >= 0.3 is 0 Å². The molecule has 1 N–H and O–H groups in total. The second kappa shape index (κ2) is 4.69. The number of benzene rings is 1. The molecule has 1 aromatic rings. The number of ether oxygens (including phenoxy) is 1. The molecule has 0 saturated carbocycles. The van der Waals surface area contributed by atoms with Crippen LogP contribution in [0.2, 0.25) is 0 Å². The SMILES string of the molecule is CCOc1ccc2c(c1)C(C(C)(C)C)NCC2. The standard InChI is InChI=1S/C15H23NO/c1-5-17-12-7-6-11-8-9-16-14(13(11)10-12)15(2,3)4/h6-7,10,14,16H,5,8-9H2,1-4H3. The van der Waals surface area contributed by atoms with Crippen LogP contribution in [0.3, 0.4) is 0 Å². The highest BCUT2D eigenvalue weighted by Gasteiger charge is 2.30. The number of hydrogen-bond acceptors (Lipinski definition) is 2. The Kier molecular flexibility index (Phi) is 3.43. The molecule has 0 saturated heterocycles. The topological polar surface area (TPSA) is 21.3 Å². The molecule has 17 heavy (non-hydrogen) atoms. The predicted molar refractivity (Wildman–Crippen MR) is 71.5 cm³/mol. The van der Waals surface area contributed by atoms with E-state index in [1.165, 1.54) is 11.1 Å². The lowest BCUT2D eigenvalue weighted by Crippen LogP contribution is -2.37. The van der Waals surface area contributed by atoms with E-state index in [4.69, 9.17) is 4.74 Å².